The van der Waals surface area contributed by atoms with Gasteiger partial charge in [0.05, 0.1) is 11.4 Å². The molecule has 72 valence electrons. The zero-order valence-electron chi connectivity index (χ0n) is 8.47. The summed E-state index contributed by atoms with van der Waals surface area (Å²) < 4.78 is 0. The van der Waals surface area contributed by atoms with Crippen LogP contribution in [0.15, 0.2) is 23.3 Å². The number of nitriles is 1. The van der Waals surface area contributed by atoms with Gasteiger partial charge in [-0.05, 0) is 32.3 Å². The van der Waals surface area contributed by atoms with Gasteiger partial charge < -0.3 is 0 Å². The largest absolute Gasteiger partial charge is 0.193 e. The molecule has 0 N–H and O–H groups in total. The van der Waals surface area contributed by atoms with Crippen molar-refractivity contribution in [3.05, 3.63) is 23.3 Å². The fourth-order valence-corrected chi connectivity index (χ4v) is 0.979. The molecule has 0 fully saturated rings. The number of halogens is 1. The average Bonchev–Trinajstić information content (AvgIpc) is 2.13. The number of rotatable bonds is 4. The molecule has 0 saturated heterocycles. The Kier molecular flexibility index (Phi) is 6.36. The lowest BCUT2D eigenvalue weighted by molar-refractivity contribution is 0.958. The second-order valence-electron chi connectivity index (χ2n) is 3.12. The number of hydrogen-bond acceptors (Lipinski definition) is 1. The summed E-state index contributed by atoms with van der Waals surface area (Å²) in [4.78, 5) is 0. The first-order chi connectivity index (χ1) is 6.11. The number of allylic oxidation sites excluding steroid dienone is 4. The molecule has 0 amide bonds. The van der Waals surface area contributed by atoms with Crippen molar-refractivity contribution in [2.75, 3.05) is 0 Å². The van der Waals surface area contributed by atoms with Crippen LogP contribution >= 0.6 is 11.6 Å². The first-order valence-electron chi connectivity index (χ1n) is 4.47. The number of hydrogen-bond donors (Lipinski definition) is 0. The van der Waals surface area contributed by atoms with Crippen molar-refractivity contribution in [3.63, 3.8) is 0 Å². The maximum Gasteiger partial charge on any atom is 0.0911 e. The maximum atomic E-state index is 8.41. The zero-order chi connectivity index (χ0) is 10.3. The third kappa shape index (κ3) is 5.49. The Balaban J connectivity index is 4.10. The summed E-state index contributed by atoms with van der Waals surface area (Å²) in [5, 5.41) is 8.37. The van der Waals surface area contributed by atoms with Crippen LogP contribution in [0.4, 0.5) is 0 Å². The van der Waals surface area contributed by atoms with Crippen LogP contribution in [0.25, 0.3) is 0 Å². The summed E-state index contributed by atoms with van der Waals surface area (Å²) in [6.07, 6.45) is 5.51. The minimum atomic E-state index is -0.0406. The van der Waals surface area contributed by atoms with E-state index in [4.69, 9.17) is 16.9 Å². The van der Waals surface area contributed by atoms with Crippen molar-refractivity contribution in [1.82, 2.24) is 0 Å². The molecule has 0 heterocycles. The molecule has 0 radical (unpaired) electrons. The summed E-state index contributed by atoms with van der Waals surface area (Å²) in [6.45, 7) is 6.09. The van der Waals surface area contributed by atoms with Crippen molar-refractivity contribution >= 4 is 11.6 Å². The summed E-state index contributed by atoms with van der Waals surface area (Å²) >= 11 is 6.05. The summed E-state index contributed by atoms with van der Waals surface area (Å²) in [7, 11) is 0. The molecule has 0 aliphatic heterocycles. The van der Waals surface area contributed by atoms with E-state index in [1.807, 2.05) is 13.0 Å². The molecule has 0 saturated carbocycles. The van der Waals surface area contributed by atoms with Crippen LogP contribution in [0.1, 0.15) is 33.6 Å². The van der Waals surface area contributed by atoms with Gasteiger partial charge >= 0.3 is 0 Å². The topological polar surface area (TPSA) is 23.8 Å². The Morgan fingerprint density at radius 1 is 1.54 bits per heavy atom. The second-order valence-corrected chi connectivity index (χ2v) is 3.65. The molecule has 0 spiro atoms. The first-order valence-corrected chi connectivity index (χ1v) is 4.91. The summed E-state index contributed by atoms with van der Waals surface area (Å²) in [6, 6.07) is 1.98. The maximum absolute atomic E-state index is 8.41. The Morgan fingerprint density at radius 2 is 2.15 bits per heavy atom. The molecule has 2 heteroatoms. The Morgan fingerprint density at radius 3 is 2.62 bits per heavy atom. The van der Waals surface area contributed by atoms with Crippen LogP contribution in [0.2, 0.25) is 0 Å². The lowest BCUT2D eigenvalue weighted by Crippen LogP contribution is -1.98. The molecular weight excluding hydrogens is 182 g/mol. The molecule has 13 heavy (non-hydrogen) atoms. The van der Waals surface area contributed by atoms with Crippen LogP contribution in [0.3, 0.4) is 0 Å². The quantitative estimate of drug-likeness (QED) is 0.382. The third-order valence-electron chi connectivity index (χ3n) is 2.02. The van der Waals surface area contributed by atoms with E-state index in [0.29, 0.717) is 0 Å². The highest BCUT2D eigenvalue weighted by Gasteiger charge is 2.04. The highest BCUT2D eigenvalue weighted by atomic mass is 35.5. The van der Waals surface area contributed by atoms with Crippen molar-refractivity contribution < 1.29 is 0 Å². The second kappa shape index (κ2) is 6.74. The lowest BCUT2D eigenvalue weighted by Gasteiger charge is -2.06. The van der Waals surface area contributed by atoms with E-state index in [1.165, 1.54) is 11.6 Å². The summed E-state index contributed by atoms with van der Waals surface area (Å²) in [5.41, 5.74) is 2.28. The zero-order valence-corrected chi connectivity index (χ0v) is 9.23. The van der Waals surface area contributed by atoms with E-state index < -0.39 is 0 Å². The molecule has 0 aromatic heterocycles. The molecule has 0 aliphatic carbocycles. The minimum Gasteiger partial charge on any atom is -0.193 e. The molecule has 0 aromatic carbocycles. The predicted molar refractivity (Wildman–Crippen MR) is 57.7 cm³/mol. The van der Waals surface area contributed by atoms with Crippen LogP contribution in [-0.2, 0) is 0 Å². The summed E-state index contributed by atoms with van der Waals surface area (Å²) in [5.74, 6) is 0. The molecular formula is C11H16ClN. The number of alkyl halides is 1. The fraction of sp³-hybridized carbons (Fsp3) is 0.545. The highest BCUT2D eigenvalue weighted by molar-refractivity contribution is 6.22. The smallest absolute Gasteiger partial charge is 0.0911 e. The van der Waals surface area contributed by atoms with Crippen molar-refractivity contribution in [3.8, 4) is 6.07 Å². The van der Waals surface area contributed by atoms with Crippen LogP contribution in [0.5, 0.6) is 0 Å². The van der Waals surface area contributed by atoms with E-state index in [-0.39, 0.29) is 5.38 Å². The van der Waals surface area contributed by atoms with Gasteiger partial charge in [-0.3, -0.25) is 0 Å². The molecule has 1 atom stereocenters. The van der Waals surface area contributed by atoms with E-state index in [0.717, 1.165) is 18.4 Å². The molecule has 0 aliphatic rings. The molecule has 1 unspecified atom stereocenters. The van der Waals surface area contributed by atoms with Gasteiger partial charge in [0.1, 0.15) is 0 Å². The highest BCUT2D eigenvalue weighted by Crippen LogP contribution is 2.15. The van der Waals surface area contributed by atoms with Gasteiger partial charge in [-0.25, -0.2) is 0 Å². The Bertz CT molecular complexity index is 245. The monoisotopic (exact) mass is 197 g/mol. The lowest BCUT2D eigenvalue weighted by atomic mass is 10.1. The molecule has 0 aromatic rings. The standard InChI is InChI=1S/C11H16ClN/c1-4-9(2)5-6-11(12)10(3)7-8-13/h5,7,11H,4,6H2,1-3H3/b9-5+,10-7+. The predicted octanol–water partition coefficient (Wildman–Crippen LogP) is 3.81. The van der Waals surface area contributed by atoms with Gasteiger partial charge in [-0.15, -0.1) is 11.6 Å². The number of nitrogens with zero attached hydrogens (tertiary/aromatic N) is 1. The van der Waals surface area contributed by atoms with Gasteiger partial charge in [0.25, 0.3) is 0 Å². The Labute approximate surface area is 85.7 Å². The van der Waals surface area contributed by atoms with Gasteiger partial charge in [-0.1, -0.05) is 18.6 Å². The van der Waals surface area contributed by atoms with Crippen molar-refractivity contribution in [2.24, 2.45) is 0 Å². The average molecular weight is 198 g/mol. The van der Waals surface area contributed by atoms with Crippen molar-refractivity contribution in [1.29, 1.82) is 5.26 Å². The SMILES string of the molecule is CC/C(C)=C/CC(Cl)/C(C)=C/C#N. The van der Waals surface area contributed by atoms with E-state index in [9.17, 15) is 0 Å². The van der Waals surface area contributed by atoms with Gasteiger partial charge in [-0.2, -0.15) is 5.26 Å². The molecule has 0 bridgehead atoms. The van der Waals surface area contributed by atoms with Crippen LogP contribution in [0, 0.1) is 11.3 Å². The van der Waals surface area contributed by atoms with Gasteiger partial charge in [0.2, 0.25) is 0 Å². The van der Waals surface area contributed by atoms with Gasteiger partial charge in [0.15, 0.2) is 0 Å². The van der Waals surface area contributed by atoms with Crippen LogP contribution in [-0.4, -0.2) is 5.38 Å². The van der Waals surface area contributed by atoms with E-state index >= 15 is 0 Å². The third-order valence-corrected chi connectivity index (χ3v) is 2.54. The van der Waals surface area contributed by atoms with Crippen LogP contribution < -0.4 is 0 Å². The molecule has 1 nitrogen and oxygen atoms in total. The normalized spacial score (nSPS) is 15.3. The van der Waals surface area contributed by atoms with Crippen molar-refractivity contribution in [2.45, 2.75) is 39.0 Å². The minimum absolute atomic E-state index is 0.0406. The van der Waals surface area contributed by atoms with Gasteiger partial charge in [0, 0.05) is 6.08 Å². The fourth-order valence-electron chi connectivity index (χ4n) is 0.827. The van der Waals surface area contributed by atoms with E-state index in [1.54, 1.807) is 0 Å². The van der Waals surface area contributed by atoms with E-state index in [2.05, 4.69) is 19.9 Å². The Hall–Kier alpha value is -0.740. The first kappa shape index (κ1) is 12.3. The molecule has 0 rings (SSSR count).